The van der Waals surface area contributed by atoms with E-state index in [1.165, 1.54) is 50.5 Å². The maximum absolute atomic E-state index is 13.3. The molecule has 55 heavy (non-hydrogen) atoms. The largest absolute Gasteiger partial charge is 0.428 e. The molecule has 1 aliphatic heterocycles. The second-order valence-electron chi connectivity index (χ2n) is 19.5. The molecule has 2 fully saturated rings. The van der Waals surface area contributed by atoms with Gasteiger partial charge in [0.15, 0.2) is 0 Å². The SMILES string of the molecule is CC(C)C(=O)C1CCCOC1.CCCC(C)(C)CC.CCCC(CCC)(C(=O)C(C)C)c1ccc([B]OC(C)(C)C(C)(C)S)cc1C.CCCC1CC(C)C1. The Hall–Kier alpha value is -1.11. The van der Waals surface area contributed by atoms with Crippen molar-refractivity contribution in [3.05, 3.63) is 29.3 Å². The van der Waals surface area contributed by atoms with Crippen LogP contribution in [-0.2, 0) is 24.4 Å². The van der Waals surface area contributed by atoms with Crippen molar-refractivity contribution in [2.24, 2.45) is 35.0 Å². The monoisotopic (exact) mass is 786 g/mol. The van der Waals surface area contributed by atoms with E-state index in [2.05, 4.69) is 107 Å². The van der Waals surface area contributed by atoms with E-state index in [-0.39, 0.29) is 27.9 Å². The number of hydrogen-bond donors (Lipinski definition) is 1. The molecule has 1 saturated carbocycles. The van der Waals surface area contributed by atoms with Crippen molar-refractivity contribution >= 4 is 37.1 Å². The molecule has 0 amide bonds. The van der Waals surface area contributed by atoms with Crippen LogP contribution in [0.15, 0.2) is 18.2 Å². The number of ether oxygens (including phenoxy) is 1. The maximum atomic E-state index is 13.3. The van der Waals surface area contributed by atoms with E-state index in [9.17, 15) is 9.59 Å². The highest BCUT2D eigenvalue weighted by molar-refractivity contribution is 7.81. The Morgan fingerprint density at radius 1 is 0.873 bits per heavy atom. The molecular formula is C49H90BO4S. The summed E-state index contributed by atoms with van der Waals surface area (Å²) in [5, 5.41) is 0. The molecule has 0 aromatic heterocycles. The fourth-order valence-electron chi connectivity index (χ4n) is 7.84. The zero-order valence-corrected chi connectivity index (χ0v) is 40.3. The van der Waals surface area contributed by atoms with Gasteiger partial charge in [0, 0.05) is 29.1 Å². The average Bonchev–Trinajstić information content (AvgIpc) is 3.10. The van der Waals surface area contributed by atoms with Crippen molar-refractivity contribution in [1.82, 2.24) is 0 Å². The van der Waals surface area contributed by atoms with Crippen LogP contribution in [0.25, 0.3) is 0 Å². The molecule has 1 unspecified atom stereocenters. The van der Waals surface area contributed by atoms with Crippen LogP contribution >= 0.6 is 12.6 Å². The normalized spacial score (nSPS) is 18.9. The first-order chi connectivity index (χ1) is 25.5. The van der Waals surface area contributed by atoms with Crippen molar-refractivity contribution in [2.45, 2.75) is 217 Å². The van der Waals surface area contributed by atoms with Gasteiger partial charge in [0.1, 0.15) is 11.6 Å². The Morgan fingerprint density at radius 3 is 1.80 bits per heavy atom. The van der Waals surface area contributed by atoms with Crippen LogP contribution in [0.2, 0.25) is 0 Å². The van der Waals surface area contributed by atoms with E-state index in [0.717, 1.165) is 68.0 Å². The van der Waals surface area contributed by atoms with Gasteiger partial charge in [-0.05, 0) is 108 Å². The molecule has 319 valence electrons. The lowest BCUT2D eigenvalue weighted by atomic mass is 9.66. The number of hydrogen-bond acceptors (Lipinski definition) is 5. The second-order valence-corrected chi connectivity index (χ2v) is 20.6. The predicted molar refractivity (Wildman–Crippen MR) is 245 cm³/mol. The number of carbonyl (C=O) groups is 2. The minimum absolute atomic E-state index is 0.0329. The summed E-state index contributed by atoms with van der Waals surface area (Å²) in [6.45, 7) is 37.9. The molecule has 6 heteroatoms. The maximum Gasteiger partial charge on any atom is 0.330 e. The molecule has 1 aliphatic carbocycles. The van der Waals surface area contributed by atoms with Crippen molar-refractivity contribution in [2.75, 3.05) is 13.2 Å². The van der Waals surface area contributed by atoms with Gasteiger partial charge in [-0.1, -0.05) is 145 Å². The molecule has 2 aliphatic rings. The second kappa shape index (κ2) is 26.1. The molecule has 0 spiro atoms. The van der Waals surface area contributed by atoms with Crippen molar-refractivity contribution in [3.8, 4) is 0 Å². The Kier molecular flexibility index (Phi) is 25.6. The highest BCUT2D eigenvalue weighted by Crippen LogP contribution is 2.39. The molecule has 1 aromatic rings. The van der Waals surface area contributed by atoms with Crippen LogP contribution in [0.3, 0.4) is 0 Å². The first-order valence-corrected chi connectivity index (χ1v) is 22.9. The molecule has 4 nitrogen and oxygen atoms in total. The van der Waals surface area contributed by atoms with Gasteiger partial charge in [0.2, 0.25) is 0 Å². The van der Waals surface area contributed by atoms with Gasteiger partial charge in [-0.25, -0.2) is 0 Å². The zero-order valence-electron chi connectivity index (χ0n) is 39.4. The lowest BCUT2D eigenvalue weighted by Crippen LogP contribution is -2.46. The molecule has 0 bridgehead atoms. The summed E-state index contributed by atoms with van der Waals surface area (Å²) in [7, 11) is 1.82. The Bertz CT molecular complexity index is 1190. The first kappa shape index (κ1) is 53.9. The molecule has 1 radical (unpaired) electrons. The predicted octanol–water partition coefficient (Wildman–Crippen LogP) is 13.5. The molecule has 1 heterocycles. The molecule has 1 aromatic carbocycles. The van der Waals surface area contributed by atoms with E-state index in [1.807, 2.05) is 49.0 Å². The summed E-state index contributed by atoms with van der Waals surface area (Å²) in [6, 6.07) is 6.37. The standard InChI is InChI=1S/C24H40BO2S.C9H16O2.C8H16.C8H18/c1-10-14-24(15-11-2,21(26)17(3)4)20-13-12-19(16-18(20)5)25-27-22(6,7)23(8,9)28;1-7(2)9(10)8-4-3-5-11-6-8;1-3-4-8-5-7(2)6-8;1-5-7-8(3,4)6-2/h12-13,16-17,28H,10-11,14-15H2,1-9H3;7-8H,3-6H2,1-2H3;7-8H,3-6H2,1-2H3;5-7H2,1-4H3. The highest BCUT2D eigenvalue weighted by atomic mass is 32.1. The van der Waals surface area contributed by atoms with Gasteiger partial charge in [0.05, 0.1) is 17.6 Å². The summed E-state index contributed by atoms with van der Waals surface area (Å²) in [4.78, 5) is 24.7. The van der Waals surface area contributed by atoms with E-state index in [0.29, 0.717) is 23.6 Å². The summed E-state index contributed by atoms with van der Waals surface area (Å²) in [5.41, 5.74) is 3.18. The van der Waals surface area contributed by atoms with Crippen LogP contribution in [0.1, 0.15) is 205 Å². The Balaban J connectivity index is 0.000000867. The molecule has 1 atom stereocenters. The van der Waals surface area contributed by atoms with Crippen molar-refractivity contribution in [3.63, 3.8) is 0 Å². The Morgan fingerprint density at radius 2 is 1.44 bits per heavy atom. The smallest absolute Gasteiger partial charge is 0.330 e. The van der Waals surface area contributed by atoms with E-state index < -0.39 is 5.60 Å². The number of aryl methyl sites for hydroxylation is 1. The molecule has 3 rings (SSSR count). The van der Waals surface area contributed by atoms with Gasteiger partial charge in [-0.3, -0.25) is 9.59 Å². The topological polar surface area (TPSA) is 52.6 Å². The third-order valence-corrected chi connectivity index (χ3v) is 12.8. The lowest BCUT2D eigenvalue weighted by Gasteiger charge is -2.38. The van der Waals surface area contributed by atoms with E-state index in [4.69, 9.17) is 9.39 Å². The first-order valence-electron chi connectivity index (χ1n) is 22.5. The van der Waals surface area contributed by atoms with Crippen molar-refractivity contribution < 1.29 is 19.0 Å². The van der Waals surface area contributed by atoms with Crippen LogP contribution in [0, 0.1) is 41.9 Å². The number of thiol groups is 1. The number of benzene rings is 1. The molecular weight excluding hydrogens is 695 g/mol. The summed E-state index contributed by atoms with van der Waals surface area (Å²) in [5.74, 6) is 3.27. The quantitative estimate of drug-likeness (QED) is 0.119. The minimum Gasteiger partial charge on any atom is -0.428 e. The summed E-state index contributed by atoms with van der Waals surface area (Å²) >= 11 is 4.66. The molecule has 1 saturated heterocycles. The van der Waals surface area contributed by atoms with E-state index >= 15 is 0 Å². The van der Waals surface area contributed by atoms with E-state index in [1.54, 1.807) is 0 Å². The Labute approximate surface area is 349 Å². The number of Topliss-reactive ketones (excluding diaryl/α,β-unsaturated/α-hetero) is 2. The van der Waals surface area contributed by atoms with Crippen LogP contribution in [-0.4, -0.2) is 42.6 Å². The van der Waals surface area contributed by atoms with Gasteiger partial charge in [-0.2, -0.15) is 12.6 Å². The van der Waals surface area contributed by atoms with Crippen LogP contribution in [0.5, 0.6) is 0 Å². The highest BCUT2D eigenvalue weighted by Gasteiger charge is 2.40. The third kappa shape index (κ3) is 19.0. The van der Waals surface area contributed by atoms with Gasteiger partial charge < -0.3 is 9.39 Å². The fraction of sp³-hybridized carbons (Fsp3) is 0.837. The van der Waals surface area contributed by atoms with Crippen LogP contribution < -0.4 is 5.46 Å². The van der Waals surface area contributed by atoms with Gasteiger partial charge >= 0.3 is 7.48 Å². The third-order valence-electron chi connectivity index (χ3n) is 12.3. The number of ketones is 2. The minimum atomic E-state index is -0.398. The van der Waals surface area contributed by atoms with Gasteiger partial charge in [-0.15, -0.1) is 0 Å². The van der Waals surface area contributed by atoms with Gasteiger partial charge in [0.25, 0.3) is 0 Å². The molecule has 0 N–H and O–H groups in total. The average molecular weight is 786 g/mol. The summed E-state index contributed by atoms with van der Waals surface area (Å²) < 4.78 is 11.0. The lowest BCUT2D eigenvalue weighted by molar-refractivity contribution is -0.130. The number of rotatable bonds is 18. The fourth-order valence-corrected chi connectivity index (χ4v) is 7.89. The van der Waals surface area contributed by atoms with Crippen LogP contribution in [0.4, 0.5) is 0 Å². The zero-order chi connectivity index (χ0) is 42.6. The number of carbonyl (C=O) groups excluding carboxylic acids is 2. The summed E-state index contributed by atoms with van der Waals surface area (Å²) in [6.07, 6.45) is 15.7. The van der Waals surface area contributed by atoms with Crippen molar-refractivity contribution in [1.29, 1.82) is 0 Å².